The van der Waals surface area contributed by atoms with Crippen molar-refractivity contribution < 1.29 is 5.11 Å². The lowest BCUT2D eigenvalue weighted by molar-refractivity contribution is 0.122. The topological polar surface area (TPSA) is 32.3 Å². The van der Waals surface area contributed by atoms with Crippen LogP contribution < -0.4 is 5.32 Å². The van der Waals surface area contributed by atoms with Gasteiger partial charge in [-0.15, -0.1) is 11.8 Å². The zero-order valence-electron chi connectivity index (χ0n) is 13.2. The van der Waals surface area contributed by atoms with E-state index in [1.165, 1.54) is 41.7 Å². The number of aryl methyl sites for hydroxylation is 2. The number of benzene rings is 1. The van der Waals surface area contributed by atoms with Gasteiger partial charge in [0.2, 0.25) is 0 Å². The minimum Gasteiger partial charge on any atom is -0.394 e. The molecular formula is C18H27NOS. The van der Waals surface area contributed by atoms with Gasteiger partial charge in [0, 0.05) is 21.7 Å². The first kappa shape index (κ1) is 15.4. The van der Waals surface area contributed by atoms with Crippen molar-refractivity contribution in [2.75, 3.05) is 6.61 Å². The van der Waals surface area contributed by atoms with Crippen molar-refractivity contribution >= 4 is 11.8 Å². The van der Waals surface area contributed by atoms with Crippen molar-refractivity contribution in [3.63, 3.8) is 0 Å². The molecule has 3 rings (SSSR count). The van der Waals surface area contributed by atoms with Gasteiger partial charge < -0.3 is 10.4 Å². The van der Waals surface area contributed by atoms with Gasteiger partial charge in [-0.25, -0.2) is 0 Å². The van der Waals surface area contributed by atoms with E-state index in [4.69, 9.17) is 0 Å². The van der Waals surface area contributed by atoms with Crippen LogP contribution >= 0.6 is 11.8 Å². The molecule has 1 aromatic rings. The van der Waals surface area contributed by atoms with Gasteiger partial charge in [-0.2, -0.15) is 0 Å². The quantitative estimate of drug-likeness (QED) is 0.867. The number of nitrogens with one attached hydrogen (secondary N) is 1. The number of rotatable bonds is 5. The standard InChI is InChI=1S/C18H27NOS/c1-13-5-8-17(14(2)10-13)21-16-4-3-9-18(11-16,12-20)19-15-6-7-15/h5,8,10,15-16,19-20H,3-4,6-7,9,11-12H2,1-2H3. The summed E-state index contributed by atoms with van der Waals surface area (Å²) in [6, 6.07) is 7.41. The van der Waals surface area contributed by atoms with Gasteiger partial charge in [0.1, 0.15) is 0 Å². The molecule has 2 N–H and O–H groups in total. The SMILES string of the molecule is Cc1ccc(SC2CCCC(CO)(NC3CC3)C2)c(C)c1. The third-order valence-corrected chi connectivity index (χ3v) is 6.26. The monoisotopic (exact) mass is 305 g/mol. The normalized spacial score (nSPS) is 29.6. The number of thioether (sulfide) groups is 1. The molecule has 2 aliphatic rings. The molecule has 2 aliphatic carbocycles. The van der Waals surface area contributed by atoms with Crippen LogP contribution in [0, 0.1) is 13.8 Å². The summed E-state index contributed by atoms with van der Waals surface area (Å²) in [5, 5.41) is 14.3. The van der Waals surface area contributed by atoms with Crippen molar-refractivity contribution in [2.45, 2.75) is 74.1 Å². The molecule has 2 saturated carbocycles. The molecule has 2 unspecified atom stereocenters. The minimum absolute atomic E-state index is 0.0182. The highest BCUT2D eigenvalue weighted by Crippen LogP contribution is 2.40. The van der Waals surface area contributed by atoms with Gasteiger partial charge in [-0.3, -0.25) is 0 Å². The molecule has 1 aromatic carbocycles. The Hall–Kier alpha value is -0.510. The second-order valence-corrected chi connectivity index (χ2v) is 8.30. The summed E-state index contributed by atoms with van der Waals surface area (Å²) >= 11 is 2.01. The van der Waals surface area contributed by atoms with Gasteiger partial charge >= 0.3 is 0 Å². The van der Waals surface area contributed by atoms with E-state index < -0.39 is 0 Å². The average Bonchev–Trinajstić information content (AvgIpc) is 3.26. The first-order valence-electron chi connectivity index (χ1n) is 8.23. The van der Waals surface area contributed by atoms with Crippen molar-refractivity contribution in [3.05, 3.63) is 29.3 Å². The van der Waals surface area contributed by atoms with E-state index in [0.717, 1.165) is 12.8 Å². The van der Waals surface area contributed by atoms with Crippen LogP contribution in [0.4, 0.5) is 0 Å². The summed E-state index contributed by atoms with van der Waals surface area (Å²) in [4.78, 5) is 1.41. The Kier molecular flexibility index (Phi) is 4.63. The van der Waals surface area contributed by atoms with Crippen LogP contribution in [0.3, 0.4) is 0 Å². The van der Waals surface area contributed by atoms with E-state index in [-0.39, 0.29) is 12.1 Å². The van der Waals surface area contributed by atoms with Crippen LogP contribution in [0.25, 0.3) is 0 Å². The Morgan fingerprint density at radius 2 is 2.10 bits per heavy atom. The molecule has 0 aromatic heterocycles. The summed E-state index contributed by atoms with van der Waals surface area (Å²) in [6.07, 6.45) is 7.30. The van der Waals surface area contributed by atoms with Crippen molar-refractivity contribution in [1.82, 2.24) is 5.32 Å². The Morgan fingerprint density at radius 1 is 1.29 bits per heavy atom. The Bertz CT molecular complexity index is 500. The molecule has 0 spiro atoms. The smallest absolute Gasteiger partial charge is 0.0613 e. The average molecular weight is 305 g/mol. The van der Waals surface area contributed by atoms with Crippen molar-refractivity contribution in [1.29, 1.82) is 0 Å². The second kappa shape index (κ2) is 6.31. The van der Waals surface area contributed by atoms with Gasteiger partial charge in [0.25, 0.3) is 0 Å². The van der Waals surface area contributed by atoms with Gasteiger partial charge in [0.15, 0.2) is 0 Å². The molecule has 2 fully saturated rings. The van der Waals surface area contributed by atoms with Gasteiger partial charge in [-0.05, 0) is 57.6 Å². The number of hydrogen-bond donors (Lipinski definition) is 2. The summed E-state index contributed by atoms with van der Waals surface area (Å²) in [5.74, 6) is 0. The maximum atomic E-state index is 9.92. The third-order valence-electron chi connectivity index (χ3n) is 4.81. The van der Waals surface area contributed by atoms with Crippen LogP contribution in [0.2, 0.25) is 0 Å². The summed E-state index contributed by atoms with van der Waals surface area (Å²) in [7, 11) is 0. The van der Waals surface area contributed by atoms with Gasteiger partial charge in [-0.1, -0.05) is 24.1 Å². The summed E-state index contributed by atoms with van der Waals surface area (Å²) in [5.41, 5.74) is 2.70. The number of aliphatic hydroxyl groups is 1. The Balaban J connectivity index is 1.67. The molecule has 3 heteroatoms. The van der Waals surface area contributed by atoms with E-state index in [9.17, 15) is 5.11 Å². The molecular weight excluding hydrogens is 278 g/mol. The fraction of sp³-hybridized carbons (Fsp3) is 0.667. The largest absolute Gasteiger partial charge is 0.394 e. The van der Waals surface area contributed by atoms with E-state index in [0.29, 0.717) is 11.3 Å². The number of hydrogen-bond acceptors (Lipinski definition) is 3. The fourth-order valence-electron chi connectivity index (χ4n) is 3.50. The van der Waals surface area contributed by atoms with Crippen LogP contribution in [-0.2, 0) is 0 Å². The fourth-order valence-corrected chi connectivity index (χ4v) is 4.94. The Labute approximate surface area is 132 Å². The highest BCUT2D eigenvalue weighted by atomic mass is 32.2. The first-order chi connectivity index (χ1) is 10.1. The van der Waals surface area contributed by atoms with Crippen LogP contribution in [0.15, 0.2) is 23.1 Å². The molecule has 2 nitrogen and oxygen atoms in total. The van der Waals surface area contributed by atoms with Gasteiger partial charge in [0.05, 0.1) is 6.61 Å². The molecule has 116 valence electrons. The first-order valence-corrected chi connectivity index (χ1v) is 9.11. The van der Waals surface area contributed by atoms with Crippen LogP contribution in [-0.4, -0.2) is 28.5 Å². The molecule has 21 heavy (non-hydrogen) atoms. The summed E-state index contributed by atoms with van der Waals surface area (Å²) < 4.78 is 0. The van der Waals surface area contributed by atoms with E-state index in [2.05, 4.69) is 37.4 Å². The highest BCUT2D eigenvalue weighted by molar-refractivity contribution is 8.00. The Morgan fingerprint density at radius 3 is 2.76 bits per heavy atom. The lowest BCUT2D eigenvalue weighted by Crippen LogP contribution is -2.53. The predicted molar refractivity (Wildman–Crippen MR) is 90.0 cm³/mol. The van der Waals surface area contributed by atoms with Crippen LogP contribution in [0.5, 0.6) is 0 Å². The lowest BCUT2D eigenvalue weighted by atomic mass is 9.82. The van der Waals surface area contributed by atoms with E-state index in [1.54, 1.807) is 0 Å². The molecule has 0 aliphatic heterocycles. The van der Waals surface area contributed by atoms with E-state index >= 15 is 0 Å². The maximum absolute atomic E-state index is 9.92. The highest BCUT2D eigenvalue weighted by Gasteiger charge is 2.40. The molecule has 0 amide bonds. The molecule has 2 atom stereocenters. The zero-order valence-corrected chi connectivity index (χ0v) is 14.0. The molecule has 0 saturated heterocycles. The predicted octanol–water partition coefficient (Wildman–Crippen LogP) is 3.82. The molecule has 0 heterocycles. The third kappa shape index (κ3) is 3.82. The van der Waals surface area contributed by atoms with Crippen molar-refractivity contribution in [2.24, 2.45) is 0 Å². The summed E-state index contributed by atoms with van der Waals surface area (Å²) in [6.45, 7) is 4.64. The lowest BCUT2D eigenvalue weighted by Gasteiger charge is -2.40. The van der Waals surface area contributed by atoms with Crippen LogP contribution in [0.1, 0.15) is 49.7 Å². The van der Waals surface area contributed by atoms with Crippen molar-refractivity contribution in [3.8, 4) is 0 Å². The minimum atomic E-state index is -0.0182. The second-order valence-electron chi connectivity index (χ2n) is 6.96. The number of aliphatic hydroxyl groups excluding tert-OH is 1. The molecule has 0 radical (unpaired) electrons. The van der Waals surface area contributed by atoms with E-state index in [1.807, 2.05) is 11.8 Å². The zero-order chi connectivity index (χ0) is 14.9. The molecule has 0 bridgehead atoms. The maximum Gasteiger partial charge on any atom is 0.0613 e.